The third-order valence-corrected chi connectivity index (χ3v) is 3.54. The van der Waals surface area contributed by atoms with E-state index in [9.17, 15) is 4.79 Å². The Morgan fingerprint density at radius 3 is 2.44 bits per heavy atom. The highest BCUT2D eigenvalue weighted by molar-refractivity contribution is 5.76. The molecule has 106 valence electrons. The van der Waals surface area contributed by atoms with Crippen LogP contribution < -0.4 is 5.32 Å². The molecule has 18 heavy (non-hydrogen) atoms. The van der Waals surface area contributed by atoms with Crippen LogP contribution in [0.2, 0.25) is 0 Å². The van der Waals surface area contributed by atoms with E-state index >= 15 is 0 Å². The number of carbonyl (C=O) groups excluding carboxylic acids is 1. The molecule has 0 radical (unpaired) electrons. The molecule has 1 amide bonds. The second-order valence-electron chi connectivity index (χ2n) is 6.97. The van der Waals surface area contributed by atoms with E-state index in [4.69, 9.17) is 0 Å². The van der Waals surface area contributed by atoms with Crippen molar-refractivity contribution in [1.29, 1.82) is 0 Å². The van der Waals surface area contributed by atoms with Crippen LogP contribution in [-0.2, 0) is 4.79 Å². The molecule has 1 saturated heterocycles. The Balaban J connectivity index is 2.03. The SMILES string of the molecule is CC1CCN(CCCNC(=O)CC(C)(C)C)CC1. The first kappa shape index (κ1) is 15.5. The zero-order valence-corrected chi connectivity index (χ0v) is 12.6. The average molecular weight is 254 g/mol. The summed E-state index contributed by atoms with van der Waals surface area (Å²) in [6.07, 6.45) is 4.35. The first-order valence-corrected chi connectivity index (χ1v) is 7.36. The number of nitrogens with zero attached hydrogens (tertiary/aromatic N) is 1. The topological polar surface area (TPSA) is 32.3 Å². The predicted octanol–water partition coefficient (Wildman–Crippen LogP) is 2.66. The monoisotopic (exact) mass is 254 g/mol. The molecule has 1 aliphatic heterocycles. The minimum Gasteiger partial charge on any atom is -0.356 e. The quantitative estimate of drug-likeness (QED) is 0.765. The zero-order chi connectivity index (χ0) is 13.6. The van der Waals surface area contributed by atoms with E-state index in [1.54, 1.807) is 0 Å². The summed E-state index contributed by atoms with van der Waals surface area (Å²) < 4.78 is 0. The molecule has 1 N–H and O–H groups in total. The zero-order valence-electron chi connectivity index (χ0n) is 12.6. The van der Waals surface area contributed by atoms with Gasteiger partial charge in [-0.25, -0.2) is 0 Å². The molecule has 0 unspecified atom stereocenters. The van der Waals surface area contributed by atoms with E-state index in [0.717, 1.165) is 25.4 Å². The van der Waals surface area contributed by atoms with Crippen molar-refractivity contribution in [3.05, 3.63) is 0 Å². The molecule has 0 atom stereocenters. The fourth-order valence-corrected chi connectivity index (χ4v) is 2.36. The lowest BCUT2D eigenvalue weighted by molar-refractivity contribution is -0.122. The molecule has 1 rings (SSSR count). The molecular weight excluding hydrogens is 224 g/mol. The van der Waals surface area contributed by atoms with E-state index in [-0.39, 0.29) is 11.3 Å². The van der Waals surface area contributed by atoms with E-state index in [2.05, 4.69) is 37.9 Å². The van der Waals surface area contributed by atoms with Gasteiger partial charge in [-0.2, -0.15) is 0 Å². The van der Waals surface area contributed by atoms with Crippen LogP contribution in [0.3, 0.4) is 0 Å². The van der Waals surface area contributed by atoms with Gasteiger partial charge in [-0.3, -0.25) is 4.79 Å². The van der Waals surface area contributed by atoms with Crippen LogP contribution in [0.25, 0.3) is 0 Å². The Bertz CT molecular complexity index is 250. The second kappa shape index (κ2) is 7.13. The van der Waals surface area contributed by atoms with Gasteiger partial charge in [-0.1, -0.05) is 27.7 Å². The molecule has 0 saturated carbocycles. The van der Waals surface area contributed by atoms with Crippen molar-refractivity contribution in [2.75, 3.05) is 26.2 Å². The molecular formula is C15H30N2O. The second-order valence-corrected chi connectivity index (χ2v) is 6.97. The lowest BCUT2D eigenvalue weighted by Gasteiger charge is -2.30. The Labute approximate surface area is 112 Å². The number of nitrogens with one attached hydrogen (secondary N) is 1. The maximum Gasteiger partial charge on any atom is 0.220 e. The predicted molar refractivity (Wildman–Crippen MR) is 76.5 cm³/mol. The largest absolute Gasteiger partial charge is 0.356 e. The molecule has 0 bridgehead atoms. The van der Waals surface area contributed by atoms with Crippen LogP contribution >= 0.6 is 0 Å². The van der Waals surface area contributed by atoms with Crippen molar-refractivity contribution in [2.45, 2.75) is 53.4 Å². The fraction of sp³-hybridized carbons (Fsp3) is 0.933. The van der Waals surface area contributed by atoms with Crippen LogP contribution in [0.15, 0.2) is 0 Å². The number of likely N-dealkylation sites (tertiary alicyclic amines) is 1. The van der Waals surface area contributed by atoms with Gasteiger partial charge in [0.2, 0.25) is 5.91 Å². The number of carbonyl (C=O) groups is 1. The number of hydrogen-bond donors (Lipinski definition) is 1. The maximum atomic E-state index is 11.6. The summed E-state index contributed by atoms with van der Waals surface area (Å²) in [5.41, 5.74) is 0.0904. The number of piperidine rings is 1. The molecule has 1 aliphatic rings. The van der Waals surface area contributed by atoms with Crippen molar-refractivity contribution in [3.8, 4) is 0 Å². The molecule has 1 fully saturated rings. The molecule has 3 heteroatoms. The highest BCUT2D eigenvalue weighted by Crippen LogP contribution is 2.18. The van der Waals surface area contributed by atoms with Crippen LogP contribution in [-0.4, -0.2) is 37.0 Å². The molecule has 1 heterocycles. The van der Waals surface area contributed by atoms with E-state index < -0.39 is 0 Å². The van der Waals surface area contributed by atoms with Crippen LogP contribution in [0.5, 0.6) is 0 Å². The van der Waals surface area contributed by atoms with Gasteiger partial charge in [0.1, 0.15) is 0 Å². The van der Waals surface area contributed by atoms with Gasteiger partial charge in [-0.05, 0) is 50.2 Å². The van der Waals surface area contributed by atoms with Crippen molar-refractivity contribution >= 4 is 5.91 Å². The third-order valence-electron chi connectivity index (χ3n) is 3.54. The minimum atomic E-state index is 0.0904. The van der Waals surface area contributed by atoms with E-state index in [0.29, 0.717) is 6.42 Å². The van der Waals surface area contributed by atoms with E-state index in [1.165, 1.54) is 25.9 Å². The first-order valence-electron chi connectivity index (χ1n) is 7.36. The van der Waals surface area contributed by atoms with Crippen molar-refractivity contribution in [3.63, 3.8) is 0 Å². The summed E-state index contributed by atoms with van der Waals surface area (Å²) in [6.45, 7) is 13.0. The molecule has 3 nitrogen and oxygen atoms in total. The summed E-state index contributed by atoms with van der Waals surface area (Å²) in [5, 5.41) is 3.02. The van der Waals surface area contributed by atoms with Gasteiger partial charge in [0.25, 0.3) is 0 Å². The number of rotatable bonds is 5. The van der Waals surface area contributed by atoms with Gasteiger partial charge in [-0.15, -0.1) is 0 Å². The standard InChI is InChI=1S/C15H30N2O/c1-13-6-10-17(11-7-13)9-5-8-16-14(18)12-15(2,3)4/h13H,5-12H2,1-4H3,(H,16,18). The van der Waals surface area contributed by atoms with Crippen LogP contribution in [0.4, 0.5) is 0 Å². The number of hydrogen-bond acceptors (Lipinski definition) is 2. The Morgan fingerprint density at radius 1 is 1.28 bits per heavy atom. The summed E-state index contributed by atoms with van der Waals surface area (Å²) in [6, 6.07) is 0. The molecule has 0 aliphatic carbocycles. The minimum absolute atomic E-state index is 0.0904. The summed E-state index contributed by atoms with van der Waals surface area (Å²) in [5.74, 6) is 1.09. The lowest BCUT2D eigenvalue weighted by Crippen LogP contribution is -2.35. The van der Waals surface area contributed by atoms with Crippen molar-refractivity contribution in [2.24, 2.45) is 11.3 Å². The summed E-state index contributed by atoms with van der Waals surface area (Å²) in [7, 11) is 0. The fourth-order valence-electron chi connectivity index (χ4n) is 2.36. The molecule has 0 aromatic carbocycles. The summed E-state index contributed by atoms with van der Waals surface area (Å²) in [4.78, 5) is 14.2. The molecule has 0 aromatic rings. The Kier molecular flexibility index (Phi) is 6.13. The molecule has 0 aromatic heterocycles. The first-order chi connectivity index (χ1) is 8.37. The lowest BCUT2D eigenvalue weighted by atomic mass is 9.92. The highest BCUT2D eigenvalue weighted by Gasteiger charge is 2.16. The number of amides is 1. The Morgan fingerprint density at radius 2 is 1.89 bits per heavy atom. The normalized spacial score (nSPS) is 18.9. The van der Waals surface area contributed by atoms with Gasteiger partial charge in [0.05, 0.1) is 0 Å². The van der Waals surface area contributed by atoms with Gasteiger partial charge >= 0.3 is 0 Å². The van der Waals surface area contributed by atoms with Crippen molar-refractivity contribution in [1.82, 2.24) is 10.2 Å². The van der Waals surface area contributed by atoms with Crippen molar-refractivity contribution < 1.29 is 4.79 Å². The van der Waals surface area contributed by atoms with Gasteiger partial charge in [0, 0.05) is 13.0 Å². The van der Waals surface area contributed by atoms with Gasteiger partial charge < -0.3 is 10.2 Å². The third kappa shape index (κ3) is 7.00. The maximum absolute atomic E-state index is 11.6. The highest BCUT2D eigenvalue weighted by atomic mass is 16.1. The average Bonchev–Trinajstić information content (AvgIpc) is 2.24. The summed E-state index contributed by atoms with van der Waals surface area (Å²) >= 11 is 0. The Hall–Kier alpha value is -0.570. The smallest absolute Gasteiger partial charge is 0.220 e. The van der Waals surface area contributed by atoms with E-state index in [1.807, 2.05) is 0 Å². The van der Waals surface area contributed by atoms with Crippen LogP contribution in [0.1, 0.15) is 53.4 Å². The van der Waals surface area contributed by atoms with Gasteiger partial charge in [0.15, 0.2) is 0 Å². The molecule has 0 spiro atoms. The van der Waals surface area contributed by atoms with Crippen LogP contribution in [0, 0.1) is 11.3 Å².